The number of carbonyl (C=O) groups excluding carboxylic acids is 3. The van der Waals surface area contributed by atoms with Gasteiger partial charge in [-0.2, -0.15) is 0 Å². The molecule has 0 amide bonds. The first-order valence-electron chi connectivity index (χ1n) is 6.03. The molecule has 1 rings (SSSR count). The third kappa shape index (κ3) is 5.93. The third-order valence-electron chi connectivity index (χ3n) is 2.68. The number of rotatable bonds is 7. The molecule has 0 atom stereocenters. The maximum Gasteiger partial charge on any atom is 0.339 e. The van der Waals surface area contributed by atoms with Gasteiger partial charge in [0.05, 0.1) is 5.56 Å². The topological polar surface area (TPSA) is 97.7 Å². The summed E-state index contributed by atoms with van der Waals surface area (Å²) in [5.74, 6) is -4.06. The second-order valence-electron chi connectivity index (χ2n) is 4.22. The Morgan fingerprint density at radius 1 is 0.800 bits per heavy atom. The molecule has 0 fully saturated rings. The molecule has 1 aromatic rings. The lowest BCUT2D eigenvalue weighted by atomic mass is 9.96. The lowest BCUT2D eigenvalue weighted by molar-refractivity contribution is -0.131. The highest BCUT2D eigenvalue weighted by Gasteiger charge is 2.32. The van der Waals surface area contributed by atoms with Gasteiger partial charge in [0.2, 0.25) is 0 Å². The van der Waals surface area contributed by atoms with Crippen LogP contribution in [0.3, 0.4) is 0 Å². The van der Waals surface area contributed by atoms with Crippen LogP contribution in [0.4, 0.5) is 0 Å². The standard InChI is InChI=1S/C13H6Br6O6/c14-9(15)6(20)3-1-2-4(12(22)23)8(25-13(24)11(18)19)5(3)7(21)10(16)17/h1-2,9-11H,(H,22,23). The average molecular weight is 738 g/mol. The number of hydrogen-bond acceptors (Lipinski definition) is 5. The first-order valence-corrected chi connectivity index (χ1v) is 11.5. The number of ether oxygens (including phenoxy) is 1. The van der Waals surface area contributed by atoms with E-state index in [9.17, 15) is 24.3 Å². The fraction of sp³-hybridized carbons (Fsp3) is 0.231. The molecule has 1 N–H and O–H groups in total. The summed E-state index contributed by atoms with van der Waals surface area (Å²) >= 11 is 18.0. The van der Waals surface area contributed by atoms with Gasteiger partial charge in [0.15, 0.2) is 21.1 Å². The Kier molecular flexibility index (Phi) is 9.43. The summed E-state index contributed by atoms with van der Waals surface area (Å²) in [6.07, 6.45) is 0. The number of benzene rings is 1. The van der Waals surface area contributed by atoms with Gasteiger partial charge in [0, 0.05) is 5.56 Å². The maximum absolute atomic E-state index is 12.6. The second-order valence-corrected chi connectivity index (χ2v) is 13.4. The molecule has 0 bridgehead atoms. The Morgan fingerprint density at radius 3 is 1.68 bits per heavy atom. The van der Waals surface area contributed by atoms with Crippen molar-refractivity contribution in [3.05, 3.63) is 28.8 Å². The fourth-order valence-corrected chi connectivity index (χ4v) is 2.82. The number of ketones is 2. The molecule has 0 saturated heterocycles. The van der Waals surface area contributed by atoms with Crippen LogP contribution in [-0.2, 0) is 4.79 Å². The van der Waals surface area contributed by atoms with E-state index < -0.39 is 46.0 Å². The molecule has 0 radical (unpaired) electrons. The summed E-state index contributed by atoms with van der Waals surface area (Å²) in [4.78, 5) is 48.3. The summed E-state index contributed by atoms with van der Waals surface area (Å²) in [5.41, 5.74) is -0.877. The number of halogens is 6. The molecule has 6 nitrogen and oxygen atoms in total. The first kappa shape index (κ1) is 23.4. The predicted molar refractivity (Wildman–Crippen MR) is 113 cm³/mol. The van der Waals surface area contributed by atoms with Crippen LogP contribution < -0.4 is 4.74 Å². The SMILES string of the molecule is O=C(O)c1ccc(C(=O)C(Br)Br)c(C(=O)C(Br)Br)c1OC(=O)C(Br)Br. The van der Waals surface area contributed by atoms with Crippen molar-refractivity contribution in [2.24, 2.45) is 0 Å². The van der Waals surface area contributed by atoms with Crippen molar-refractivity contribution < 1.29 is 29.0 Å². The fourth-order valence-electron chi connectivity index (χ4n) is 1.68. The Morgan fingerprint density at radius 2 is 1.28 bits per heavy atom. The summed E-state index contributed by atoms with van der Waals surface area (Å²) in [5, 5.41) is 9.35. The van der Waals surface area contributed by atoms with E-state index in [4.69, 9.17) is 4.74 Å². The van der Waals surface area contributed by atoms with Crippen LogP contribution in [0.25, 0.3) is 0 Å². The minimum absolute atomic E-state index is 0.110. The van der Waals surface area contributed by atoms with Crippen LogP contribution in [0.15, 0.2) is 12.1 Å². The van der Waals surface area contributed by atoms with Gasteiger partial charge >= 0.3 is 11.9 Å². The number of alkyl halides is 6. The van der Waals surface area contributed by atoms with E-state index in [1.54, 1.807) is 0 Å². The Balaban J connectivity index is 3.79. The van der Waals surface area contributed by atoms with Gasteiger partial charge in [0.1, 0.15) is 13.0 Å². The predicted octanol–water partition coefficient (Wildman–Crippen LogP) is 5.00. The number of esters is 1. The van der Waals surface area contributed by atoms with E-state index >= 15 is 0 Å². The van der Waals surface area contributed by atoms with Gasteiger partial charge in [0.25, 0.3) is 0 Å². The summed E-state index contributed by atoms with van der Waals surface area (Å²) in [6, 6.07) is 2.28. The van der Waals surface area contributed by atoms with Crippen LogP contribution in [0, 0.1) is 0 Å². The molecule has 0 saturated carbocycles. The molecule has 25 heavy (non-hydrogen) atoms. The quantitative estimate of drug-likeness (QED) is 0.183. The molecule has 0 heterocycles. The zero-order valence-electron chi connectivity index (χ0n) is 11.6. The zero-order chi connectivity index (χ0) is 19.5. The molecular formula is C13H6Br6O6. The van der Waals surface area contributed by atoms with E-state index in [0.29, 0.717) is 0 Å². The molecular weight excluding hydrogens is 732 g/mol. The zero-order valence-corrected chi connectivity index (χ0v) is 21.2. The largest absolute Gasteiger partial charge is 0.478 e. The minimum atomic E-state index is -1.42. The van der Waals surface area contributed by atoms with Crippen molar-refractivity contribution in [1.29, 1.82) is 0 Å². The molecule has 1 aromatic carbocycles. The number of aromatic carboxylic acids is 1. The van der Waals surface area contributed by atoms with Crippen LogP contribution in [0.1, 0.15) is 31.1 Å². The van der Waals surface area contributed by atoms with E-state index in [1.165, 1.54) is 6.07 Å². The third-order valence-corrected chi connectivity index (χ3v) is 5.09. The maximum atomic E-state index is 12.6. The van der Waals surface area contributed by atoms with Gasteiger partial charge in [-0.15, -0.1) is 0 Å². The van der Waals surface area contributed by atoms with Gasteiger partial charge in [-0.25, -0.2) is 9.59 Å². The van der Waals surface area contributed by atoms with Crippen molar-refractivity contribution >= 4 is 119 Å². The normalized spacial score (nSPS) is 11.1. The van der Waals surface area contributed by atoms with E-state index in [-0.39, 0.29) is 11.1 Å². The lowest BCUT2D eigenvalue weighted by Gasteiger charge is -2.17. The molecule has 0 aliphatic rings. The van der Waals surface area contributed by atoms with Gasteiger partial charge < -0.3 is 9.84 Å². The average Bonchev–Trinajstić information content (AvgIpc) is 2.52. The highest BCUT2D eigenvalue weighted by molar-refractivity contribution is 9.25. The number of carbonyl (C=O) groups is 4. The Bertz CT molecular complexity index is 730. The van der Waals surface area contributed by atoms with Crippen LogP contribution >= 0.6 is 95.6 Å². The molecule has 0 unspecified atom stereocenters. The van der Waals surface area contributed by atoms with Gasteiger partial charge in [-0.1, -0.05) is 95.6 Å². The van der Waals surface area contributed by atoms with Crippen molar-refractivity contribution in [1.82, 2.24) is 0 Å². The van der Waals surface area contributed by atoms with Crippen LogP contribution in [0.2, 0.25) is 0 Å². The highest BCUT2D eigenvalue weighted by Crippen LogP contribution is 2.34. The lowest BCUT2D eigenvalue weighted by Crippen LogP contribution is -2.23. The van der Waals surface area contributed by atoms with Gasteiger partial charge in [-0.05, 0) is 12.1 Å². The van der Waals surface area contributed by atoms with Crippen LogP contribution in [-0.4, -0.2) is 39.8 Å². The Hall–Kier alpha value is 0.380. The molecule has 0 aromatic heterocycles. The van der Waals surface area contributed by atoms with Crippen molar-refractivity contribution in [2.75, 3.05) is 0 Å². The molecule has 0 aliphatic heterocycles. The smallest absolute Gasteiger partial charge is 0.339 e. The monoisotopic (exact) mass is 732 g/mol. The molecule has 0 aliphatic carbocycles. The Labute approximate surface area is 192 Å². The van der Waals surface area contributed by atoms with E-state index in [1.807, 2.05) is 0 Å². The van der Waals surface area contributed by atoms with Crippen molar-refractivity contribution in [2.45, 2.75) is 11.2 Å². The van der Waals surface area contributed by atoms with E-state index in [0.717, 1.165) is 6.07 Å². The summed E-state index contributed by atoms with van der Waals surface area (Å²) in [6.45, 7) is 0. The second kappa shape index (κ2) is 10.1. The van der Waals surface area contributed by atoms with Crippen LogP contribution in [0.5, 0.6) is 5.75 Å². The number of carboxylic acids is 1. The van der Waals surface area contributed by atoms with Crippen molar-refractivity contribution in [3.8, 4) is 5.75 Å². The number of hydrogen-bond donors (Lipinski definition) is 1. The first-order chi connectivity index (χ1) is 11.5. The highest BCUT2D eigenvalue weighted by atomic mass is 79.9. The van der Waals surface area contributed by atoms with Crippen molar-refractivity contribution in [3.63, 3.8) is 0 Å². The molecule has 136 valence electrons. The molecule has 12 heteroatoms. The van der Waals surface area contributed by atoms with E-state index in [2.05, 4.69) is 95.6 Å². The number of Topliss-reactive ketones (excluding diaryl/α,β-unsaturated/α-hetero) is 2. The minimum Gasteiger partial charge on any atom is -0.478 e. The summed E-state index contributed by atoms with van der Waals surface area (Å²) < 4.78 is 2.39. The van der Waals surface area contributed by atoms with Gasteiger partial charge in [-0.3, -0.25) is 9.59 Å². The summed E-state index contributed by atoms with van der Waals surface area (Å²) in [7, 11) is 0. The number of carboxylic acid groups (broad SMARTS) is 1. The molecule has 0 spiro atoms.